The Morgan fingerprint density at radius 3 is 2.72 bits per heavy atom. The number of pyridine rings is 1. The second-order valence-electron chi connectivity index (χ2n) is 6.29. The number of hydrogen-bond donors (Lipinski definition) is 0. The van der Waals surface area contributed by atoms with E-state index >= 15 is 0 Å². The van der Waals surface area contributed by atoms with Crippen LogP contribution in [0.15, 0.2) is 30.5 Å². The average molecular weight is 379 g/mol. The molecule has 1 saturated heterocycles. The summed E-state index contributed by atoms with van der Waals surface area (Å²) in [5.41, 5.74) is 1.50. The number of fused-ring (bicyclic) bond motifs is 4. The predicted molar refractivity (Wildman–Crippen MR) is 91.3 cm³/mol. The zero-order valence-electron chi connectivity index (χ0n) is 13.0. The van der Waals surface area contributed by atoms with E-state index in [1.165, 1.54) is 24.4 Å². The van der Waals surface area contributed by atoms with Crippen molar-refractivity contribution in [3.63, 3.8) is 0 Å². The molecule has 0 saturated carbocycles. The molecule has 2 aliphatic heterocycles. The highest BCUT2D eigenvalue weighted by atomic mass is 35.5. The van der Waals surface area contributed by atoms with Gasteiger partial charge in [0.25, 0.3) is 5.91 Å². The monoisotopic (exact) mass is 378 g/mol. The molecule has 0 N–H and O–H groups in total. The molecule has 0 radical (unpaired) electrons. The van der Waals surface area contributed by atoms with E-state index in [2.05, 4.69) is 4.98 Å². The summed E-state index contributed by atoms with van der Waals surface area (Å²) in [6, 6.07) is 5.63. The van der Waals surface area contributed by atoms with Crippen molar-refractivity contribution in [1.82, 2.24) is 9.88 Å². The van der Waals surface area contributed by atoms with Crippen LogP contribution in [0, 0.1) is 5.95 Å². The first-order valence-electron chi connectivity index (χ1n) is 7.92. The summed E-state index contributed by atoms with van der Waals surface area (Å²) in [6.07, 6.45) is 3.23. The molecule has 1 amide bonds. The maximum atomic E-state index is 14.0. The van der Waals surface area contributed by atoms with E-state index < -0.39 is 17.6 Å². The van der Waals surface area contributed by atoms with Gasteiger partial charge in [-0.05, 0) is 49.1 Å². The first kappa shape index (κ1) is 16.5. The van der Waals surface area contributed by atoms with Gasteiger partial charge in [-0.3, -0.25) is 9.59 Å². The minimum Gasteiger partial charge on any atom is -0.325 e. The molecule has 2 aliphatic rings. The van der Waals surface area contributed by atoms with Crippen molar-refractivity contribution in [3.05, 3.63) is 63.1 Å². The molecule has 0 spiro atoms. The van der Waals surface area contributed by atoms with Crippen LogP contribution in [0.1, 0.15) is 40.4 Å². The summed E-state index contributed by atoms with van der Waals surface area (Å²) in [6.45, 7) is 0. The summed E-state index contributed by atoms with van der Waals surface area (Å²) in [4.78, 5) is 30.8. The van der Waals surface area contributed by atoms with Crippen LogP contribution in [-0.4, -0.2) is 27.6 Å². The van der Waals surface area contributed by atoms with E-state index in [1.54, 1.807) is 11.0 Å². The summed E-state index contributed by atoms with van der Waals surface area (Å²) < 4.78 is 14.0. The van der Waals surface area contributed by atoms with Gasteiger partial charge < -0.3 is 4.90 Å². The van der Waals surface area contributed by atoms with E-state index in [0.717, 1.165) is 12.0 Å². The number of carbonyl (C=O) groups excluding carboxylic acids is 2. The van der Waals surface area contributed by atoms with Gasteiger partial charge >= 0.3 is 0 Å². The number of benzene rings is 1. The van der Waals surface area contributed by atoms with Crippen LogP contribution < -0.4 is 0 Å². The Morgan fingerprint density at radius 1 is 1.16 bits per heavy atom. The maximum Gasteiger partial charge on any atom is 0.295 e. The smallest absolute Gasteiger partial charge is 0.295 e. The van der Waals surface area contributed by atoms with Gasteiger partial charge in [-0.2, -0.15) is 4.39 Å². The number of halogens is 3. The molecule has 128 valence electrons. The molecule has 4 rings (SSSR count). The lowest BCUT2D eigenvalue weighted by atomic mass is 9.94. The maximum absolute atomic E-state index is 14.0. The SMILES string of the molecule is O=C(C(=O)N1[C@H]2CC[C@@H]1c1ccnc(F)c1C2)c1ccc(Cl)c(Cl)c1. The predicted octanol–water partition coefficient (Wildman–Crippen LogP) is 4.00. The minimum atomic E-state index is -0.631. The molecule has 1 fully saturated rings. The third-order valence-electron chi connectivity index (χ3n) is 4.95. The molecule has 0 unspecified atom stereocenters. The highest BCUT2D eigenvalue weighted by molar-refractivity contribution is 6.45. The zero-order valence-corrected chi connectivity index (χ0v) is 14.5. The summed E-state index contributed by atoms with van der Waals surface area (Å²) in [7, 11) is 0. The second kappa shape index (κ2) is 6.07. The molecule has 0 aliphatic carbocycles. The number of carbonyl (C=O) groups is 2. The lowest BCUT2D eigenvalue weighted by Crippen LogP contribution is -2.45. The molecule has 1 aromatic carbocycles. The van der Waals surface area contributed by atoms with E-state index in [-0.39, 0.29) is 22.7 Å². The first-order chi connectivity index (χ1) is 12.0. The third kappa shape index (κ3) is 2.62. The largest absolute Gasteiger partial charge is 0.325 e. The Morgan fingerprint density at radius 2 is 1.96 bits per heavy atom. The molecule has 1 aromatic heterocycles. The van der Waals surface area contributed by atoms with Crippen molar-refractivity contribution in [2.24, 2.45) is 0 Å². The van der Waals surface area contributed by atoms with Gasteiger partial charge in [0.05, 0.1) is 16.1 Å². The minimum absolute atomic E-state index is 0.185. The lowest BCUT2D eigenvalue weighted by molar-refractivity contribution is -0.129. The highest BCUT2D eigenvalue weighted by Gasteiger charge is 2.45. The van der Waals surface area contributed by atoms with Gasteiger partial charge in [-0.1, -0.05) is 23.2 Å². The molecular weight excluding hydrogens is 366 g/mol. The number of nitrogens with zero attached hydrogens (tertiary/aromatic N) is 2. The fraction of sp³-hybridized carbons (Fsp3) is 0.278. The molecule has 2 aromatic rings. The van der Waals surface area contributed by atoms with Crippen LogP contribution in [0.2, 0.25) is 10.0 Å². The van der Waals surface area contributed by atoms with Crippen LogP contribution in [0.5, 0.6) is 0 Å². The Hall–Kier alpha value is -1.98. The third-order valence-corrected chi connectivity index (χ3v) is 5.69. The standard InChI is InChI=1S/C18H13Cl2FN2O2/c19-13-3-1-9(7-14(13)20)16(24)18(25)23-10-2-4-15(23)11-5-6-22-17(21)12(11)8-10/h1,3,5-7,10,15H,2,4,8H2/t10-,15+/m0/s1. The Bertz CT molecular complexity index is 903. The Kier molecular flexibility index (Phi) is 4.01. The Balaban J connectivity index is 1.67. The van der Waals surface area contributed by atoms with Crippen molar-refractivity contribution < 1.29 is 14.0 Å². The molecule has 4 nitrogen and oxygen atoms in total. The number of Topliss-reactive ketones (excluding diaryl/α,β-unsaturated/α-hetero) is 1. The Labute approximate surface area is 153 Å². The first-order valence-corrected chi connectivity index (χ1v) is 8.68. The summed E-state index contributed by atoms with van der Waals surface area (Å²) in [5, 5.41) is 0.543. The van der Waals surface area contributed by atoms with E-state index in [0.29, 0.717) is 23.4 Å². The highest BCUT2D eigenvalue weighted by Crippen LogP contribution is 2.44. The summed E-state index contributed by atoms with van der Waals surface area (Å²) in [5.74, 6) is -1.71. The van der Waals surface area contributed by atoms with Gasteiger partial charge in [-0.25, -0.2) is 4.98 Å². The topological polar surface area (TPSA) is 50.3 Å². The number of amides is 1. The molecule has 3 heterocycles. The molecule has 7 heteroatoms. The number of aromatic nitrogens is 1. The van der Waals surface area contributed by atoms with E-state index in [4.69, 9.17) is 23.2 Å². The van der Waals surface area contributed by atoms with Gasteiger partial charge in [0.15, 0.2) is 0 Å². The fourth-order valence-electron chi connectivity index (χ4n) is 3.80. The van der Waals surface area contributed by atoms with Crippen molar-refractivity contribution in [2.45, 2.75) is 31.3 Å². The quantitative estimate of drug-likeness (QED) is 0.450. The van der Waals surface area contributed by atoms with Gasteiger partial charge in [0, 0.05) is 23.4 Å². The van der Waals surface area contributed by atoms with E-state index in [9.17, 15) is 14.0 Å². The zero-order chi connectivity index (χ0) is 17.7. The number of rotatable bonds is 2. The van der Waals surface area contributed by atoms with Crippen molar-refractivity contribution in [2.75, 3.05) is 0 Å². The second-order valence-corrected chi connectivity index (χ2v) is 7.11. The molecule has 25 heavy (non-hydrogen) atoms. The van der Waals surface area contributed by atoms with Crippen molar-refractivity contribution in [3.8, 4) is 0 Å². The number of ketones is 1. The van der Waals surface area contributed by atoms with Crippen LogP contribution in [0.4, 0.5) is 4.39 Å². The van der Waals surface area contributed by atoms with Crippen LogP contribution in [-0.2, 0) is 11.2 Å². The van der Waals surface area contributed by atoms with Crippen molar-refractivity contribution in [1.29, 1.82) is 0 Å². The molecule has 2 bridgehead atoms. The van der Waals surface area contributed by atoms with Gasteiger partial charge in [0.1, 0.15) is 0 Å². The van der Waals surface area contributed by atoms with E-state index in [1.807, 2.05) is 0 Å². The van der Waals surface area contributed by atoms with Crippen LogP contribution >= 0.6 is 23.2 Å². The van der Waals surface area contributed by atoms with Crippen molar-refractivity contribution >= 4 is 34.9 Å². The van der Waals surface area contributed by atoms with Gasteiger partial charge in [-0.15, -0.1) is 0 Å². The fourth-order valence-corrected chi connectivity index (χ4v) is 4.10. The van der Waals surface area contributed by atoms with Crippen LogP contribution in [0.3, 0.4) is 0 Å². The normalized spacial score (nSPS) is 21.2. The molecular formula is C18H13Cl2FN2O2. The van der Waals surface area contributed by atoms with Crippen LogP contribution in [0.25, 0.3) is 0 Å². The van der Waals surface area contributed by atoms with Gasteiger partial charge in [0.2, 0.25) is 11.7 Å². The lowest BCUT2D eigenvalue weighted by Gasteiger charge is -2.35. The number of hydrogen-bond acceptors (Lipinski definition) is 3. The molecule has 2 atom stereocenters. The average Bonchev–Trinajstić information content (AvgIpc) is 2.92. The summed E-state index contributed by atoms with van der Waals surface area (Å²) >= 11 is 11.8.